The molecule has 27 heavy (non-hydrogen) atoms. The van der Waals surface area contributed by atoms with Crippen LogP contribution in [0.4, 0.5) is 5.69 Å². The molecule has 3 aromatic rings. The fourth-order valence-electron chi connectivity index (χ4n) is 3.49. The number of anilines is 1. The van der Waals surface area contributed by atoms with Crippen LogP contribution in [-0.4, -0.2) is 28.5 Å². The van der Waals surface area contributed by atoms with E-state index >= 15 is 0 Å². The minimum Gasteiger partial charge on any atom is -0.465 e. The van der Waals surface area contributed by atoms with Crippen molar-refractivity contribution in [2.24, 2.45) is 0 Å². The number of ether oxygens (including phenoxy) is 1. The number of sulfonamides is 1. The fourth-order valence-corrected chi connectivity index (χ4v) is 4.93. The van der Waals surface area contributed by atoms with Crippen LogP contribution in [0.15, 0.2) is 71.6 Å². The number of nitrogens with zero attached hydrogens (tertiary/aromatic N) is 1. The Bertz CT molecular complexity index is 1150. The molecule has 0 spiro atoms. The van der Waals surface area contributed by atoms with Gasteiger partial charge in [0.1, 0.15) is 0 Å². The Kier molecular flexibility index (Phi) is 4.00. The van der Waals surface area contributed by atoms with Crippen molar-refractivity contribution in [2.45, 2.75) is 4.90 Å². The molecule has 6 heteroatoms. The molecular formula is C21H17NO4S. The summed E-state index contributed by atoms with van der Waals surface area (Å²) in [4.78, 5) is 12.7. The zero-order valence-corrected chi connectivity index (χ0v) is 15.7. The molecule has 0 saturated carbocycles. The van der Waals surface area contributed by atoms with E-state index in [0.29, 0.717) is 22.4 Å². The van der Waals surface area contributed by atoms with E-state index in [1.165, 1.54) is 18.5 Å². The third-order valence-corrected chi connectivity index (χ3v) is 6.59. The largest absolute Gasteiger partial charge is 0.465 e. The second kappa shape index (κ2) is 6.25. The Hall–Kier alpha value is -3.12. The third-order valence-electron chi connectivity index (χ3n) is 4.78. The van der Waals surface area contributed by atoms with Crippen molar-refractivity contribution >= 4 is 21.7 Å². The molecule has 0 saturated heterocycles. The van der Waals surface area contributed by atoms with Gasteiger partial charge in [0, 0.05) is 23.7 Å². The lowest BCUT2D eigenvalue weighted by molar-refractivity contribution is 0.0601. The van der Waals surface area contributed by atoms with Gasteiger partial charge in [-0.05, 0) is 17.7 Å². The molecule has 1 heterocycles. The molecule has 1 aliphatic rings. The van der Waals surface area contributed by atoms with E-state index in [9.17, 15) is 13.2 Å². The van der Waals surface area contributed by atoms with Gasteiger partial charge in [-0.25, -0.2) is 13.2 Å². The van der Waals surface area contributed by atoms with E-state index in [1.54, 1.807) is 36.4 Å². The topological polar surface area (TPSA) is 63.7 Å². The van der Waals surface area contributed by atoms with E-state index in [1.807, 2.05) is 30.3 Å². The van der Waals surface area contributed by atoms with Gasteiger partial charge in [-0.15, -0.1) is 0 Å². The number of hydrogen-bond acceptors (Lipinski definition) is 4. The SMILES string of the molecule is COC(=O)c1ccc2c(c1-c1ccccc1)N(C)S(=O)(=O)c1ccccc1-2. The number of benzene rings is 3. The zero-order valence-electron chi connectivity index (χ0n) is 14.8. The smallest absolute Gasteiger partial charge is 0.338 e. The Morgan fingerprint density at radius 2 is 1.56 bits per heavy atom. The van der Waals surface area contributed by atoms with Crippen molar-refractivity contribution < 1.29 is 17.9 Å². The van der Waals surface area contributed by atoms with Gasteiger partial charge in [-0.2, -0.15) is 0 Å². The quantitative estimate of drug-likeness (QED) is 0.633. The molecule has 0 fully saturated rings. The number of fused-ring (bicyclic) bond motifs is 3. The maximum atomic E-state index is 13.1. The number of esters is 1. The molecule has 3 aromatic carbocycles. The molecule has 0 N–H and O–H groups in total. The summed E-state index contributed by atoms with van der Waals surface area (Å²) in [5.74, 6) is -0.513. The first kappa shape index (κ1) is 17.3. The predicted molar refractivity (Wildman–Crippen MR) is 104 cm³/mol. The summed E-state index contributed by atoms with van der Waals surface area (Å²) in [7, 11) is -0.909. The monoisotopic (exact) mass is 379 g/mol. The summed E-state index contributed by atoms with van der Waals surface area (Å²) in [6, 6.07) is 19.6. The molecule has 1 aliphatic heterocycles. The highest BCUT2D eigenvalue weighted by Gasteiger charge is 2.35. The highest BCUT2D eigenvalue weighted by Crippen LogP contribution is 2.48. The molecule has 0 amide bonds. The molecule has 0 bridgehead atoms. The zero-order chi connectivity index (χ0) is 19.2. The van der Waals surface area contributed by atoms with Gasteiger partial charge in [0.15, 0.2) is 0 Å². The average molecular weight is 379 g/mol. The van der Waals surface area contributed by atoms with Crippen LogP contribution in [-0.2, 0) is 14.8 Å². The van der Waals surface area contributed by atoms with E-state index in [0.717, 1.165) is 11.1 Å². The van der Waals surface area contributed by atoms with E-state index in [2.05, 4.69) is 0 Å². The van der Waals surface area contributed by atoms with Crippen LogP contribution >= 0.6 is 0 Å². The summed E-state index contributed by atoms with van der Waals surface area (Å²) < 4.78 is 32.4. The molecule has 0 unspecified atom stereocenters. The van der Waals surface area contributed by atoms with Crippen molar-refractivity contribution in [1.29, 1.82) is 0 Å². The fraction of sp³-hybridized carbons (Fsp3) is 0.0952. The second-order valence-corrected chi connectivity index (χ2v) is 8.15. The van der Waals surface area contributed by atoms with Gasteiger partial charge in [-0.1, -0.05) is 54.6 Å². The summed E-state index contributed by atoms with van der Waals surface area (Å²) in [6.07, 6.45) is 0. The lowest BCUT2D eigenvalue weighted by Crippen LogP contribution is -2.31. The molecular weight excluding hydrogens is 362 g/mol. The van der Waals surface area contributed by atoms with Crippen LogP contribution in [0, 0.1) is 0 Å². The molecule has 4 rings (SSSR count). The Morgan fingerprint density at radius 3 is 2.26 bits per heavy atom. The van der Waals surface area contributed by atoms with Crippen LogP contribution in [0.2, 0.25) is 0 Å². The first-order valence-electron chi connectivity index (χ1n) is 8.36. The summed E-state index contributed by atoms with van der Waals surface area (Å²) in [5, 5.41) is 0. The van der Waals surface area contributed by atoms with Crippen molar-refractivity contribution in [1.82, 2.24) is 0 Å². The average Bonchev–Trinajstić information content (AvgIpc) is 2.71. The molecule has 5 nitrogen and oxygen atoms in total. The highest BCUT2D eigenvalue weighted by atomic mass is 32.2. The number of hydrogen-bond donors (Lipinski definition) is 0. The minimum atomic E-state index is -3.73. The normalized spacial score (nSPS) is 14.2. The number of carbonyl (C=O) groups is 1. The van der Waals surface area contributed by atoms with Crippen LogP contribution < -0.4 is 4.31 Å². The van der Waals surface area contributed by atoms with Crippen LogP contribution in [0.3, 0.4) is 0 Å². The van der Waals surface area contributed by atoms with Crippen molar-refractivity contribution in [3.05, 3.63) is 72.3 Å². The van der Waals surface area contributed by atoms with Crippen LogP contribution in [0.25, 0.3) is 22.3 Å². The van der Waals surface area contributed by atoms with Gasteiger partial charge < -0.3 is 4.74 Å². The van der Waals surface area contributed by atoms with Gasteiger partial charge >= 0.3 is 5.97 Å². The summed E-state index contributed by atoms with van der Waals surface area (Å²) in [5.41, 5.74) is 3.47. The predicted octanol–water partition coefficient (Wildman–Crippen LogP) is 3.95. The summed E-state index contributed by atoms with van der Waals surface area (Å²) in [6.45, 7) is 0. The van der Waals surface area contributed by atoms with Gasteiger partial charge in [0.2, 0.25) is 0 Å². The first-order chi connectivity index (χ1) is 13.0. The van der Waals surface area contributed by atoms with Crippen molar-refractivity contribution in [3.63, 3.8) is 0 Å². The number of rotatable bonds is 2. The lowest BCUT2D eigenvalue weighted by atomic mass is 9.91. The number of carbonyl (C=O) groups excluding carboxylic acids is 1. The van der Waals surface area contributed by atoms with Crippen LogP contribution in [0.5, 0.6) is 0 Å². The number of methoxy groups -OCH3 is 1. The Morgan fingerprint density at radius 1 is 0.889 bits per heavy atom. The standard InChI is InChI=1S/C21H17NO4S/c1-22-20-16(15-10-6-7-11-18(15)27(22,24)25)12-13-17(21(23)26-2)19(20)14-8-4-3-5-9-14/h3-13H,1-2H3. The van der Waals surface area contributed by atoms with E-state index in [4.69, 9.17) is 4.74 Å². The van der Waals surface area contributed by atoms with Crippen LogP contribution in [0.1, 0.15) is 10.4 Å². The third kappa shape index (κ3) is 2.52. The molecule has 0 aliphatic carbocycles. The maximum Gasteiger partial charge on any atom is 0.338 e. The molecule has 136 valence electrons. The van der Waals surface area contributed by atoms with Crippen molar-refractivity contribution in [2.75, 3.05) is 18.5 Å². The minimum absolute atomic E-state index is 0.254. The lowest BCUT2D eigenvalue weighted by Gasteiger charge is -2.32. The van der Waals surface area contributed by atoms with Gasteiger partial charge in [-0.3, -0.25) is 4.31 Å². The molecule has 0 radical (unpaired) electrons. The van der Waals surface area contributed by atoms with Gasteiger partial charge in [0.25, 0.3) is 10.0 Å². The van der Waals surface area contributed by atoms with Crippen molar-refractivity contribution in [3.8, 4) is 22.3 Å². The molecule has 0 aromatic heterocycles. The second-order valence-electron chi connectivity index (χ2n) is 6.21. The van der Waals surface area contributed by atoms with Gasteiger partial charge in [0.05, 0.1) is 23.3 Å². The maximum absolute atomic E-state index is 13.1. The first-order valence-corrected chi connectivity index (χ1v) is 9.80. The summed E-state index contributed by atoms with van der Waals surface area (Å²) >= 11 is 0. The molecule has 0 atom stereocenters. The Labute approximate surface area is 157 Å². The van der Waals surface area contributed by atoms with E-state index < -0.39 is 16.0 Å². The highest BCUT2D eigenvalue weighted by molar-refractivity contribution is 7.93. The Balaban J connectivity index is 2.16. The van der Waals surface area contributed by atoms with E-state index in [-0.39, 0.29) is 4.90 Å².